The number of anilines is 1. The minimum absolute atomic E-state index is 0.226. The Morgan fingerprint density at radius 2 is 2.33 bits per heavy atom. The van der Waals surface area contributed by atoms with Gasteiger partial charge in [-0.25, -0.2) is 0 Å². The molecule has 0 amide bonds. The molecule has 1 aromatic rings. The van der Waals surface area contributed by atoms with E-state index in [-0.39, 0.29) is 10.6 Å². The molecule has 0 spiro atoms. The van der Waals surface area contributed by atoms with Gasteiger partial charge in [-0.2, -0.15) is 0 Å². The normalized spacial score (nSPS) is 19.2. The molecule has 4 nitrogen and oxygen atoms in total. The van der Waals surface area contributed by atoms with Crippen LogP contribution in [0.5, 0.6) is 0 Å². The standard InChI is InChI=1S/C13H17BrN2O2/c1-2-10-5-6-15(9-10)12-4-3-11(8-14)7-13(12)16(17)18/h3-4,7,10H,2,5-6,8-9H2,1H3. The smallest absolute Gasteiger partial charge is 0.292 e. The molecule has 0 aliphatic carbocycles. The van der Waals surface area contributed by atoms with E-state index < -0.39 is 0 Å². The lowest BCUT2D eigenvalue weighted by Gasteiger charge is -2.18. The summed E-state index contributed by atoms with van der Waals surface area (Å²) in [6, 6.07) is 5.51. The molecular formula is C13H17BrN2O2. The summed E-state index contributed by atoms with van der Waals surface area (Å²) in [4.78, 5) is 13.0. The lowest BCUT2D eigenvalue weighted by Crippen LogP contribution is -2.20. The predicted molar refractivity (Wildman–Crippen MR) is 76.3 cm³/mol. The van der Waals surface area contributed by atoms with Crippen LogP contribution in [-0.4, -0.2) is 18.0 Å². The van der Waals surface area contributed by atoms with Gasteiger partial charge in [0.25, 0.3) is 5.69 Å². The molecule has 18 heavy (non-hydrogen) atoms. The highest BCUT2D eigenvalue weighted by Crippen LogP contribution is 2.34. The molecule has 1 heterocycles. The Kier molecular flexibility index (Phi) is 4.22. The van der Waals surface area contributed by atoms with E-state index in [0.29, 0.717) is 11.2 Å². The molecule has 0 radical (unpaired) electrons. The van der Waals surface area contributed by atoms with Gasteiger partial charge in [0.05, 0.1) is 4.92 Å². The van der Waals surface area contributed by atoms with Crippen molar-refractivity contribution in [2.75, 3.05) is 18.0 Å². The second-order valence-electron chi connectivity index (χ2n) is 4.72. The second kappa shape index (κ2) is 5.69. The third-order valence-electron chi connectivity index (χ3n) is 3.59. The SMILES string of the molecule is CCC1CCN(c2ccc(CBr)cc2[N+](=O)[O-])C1. The van der Waals surface area contributed by atoms with Crippen LogP contribution in [-0.2, 0) is 5.33 Å². The summed E-state index contributed by atoms with van der Waals surface area (Å²) in [7, 11) is 0. The topological polar surface area (TPSA) is 46.4 Å². The molecule has 2 rings (SSSR count). The zero-order valence-corrected chi connectivity index (χ0v) is 12.0. The van der Waals surface area contributed by atoms with E-state index in [4.69, 9.17) is 0 Å². The number of benzene rings is 1. The molecular weight excluding hydrogens is 296 g/mol. The molecule has 0 N–H and O–H groups in total. The number of halogens is 1. The fraction of sp³-hybridized carbons (Fsp3) is 0.538. The Hall–Kier alpha value is -1.10. The van der Waals surface area contributed by atoms with Crippen molar-refractivity contribution < 1.29 is 4.92 Å². The Balaban J connectivity index is 2.30. The van der Waals surface area contributed by atoms with Gasteiger partial charge in [0.1, 0.15) is 5.69 Å². The summed E-state index contributed by atoms with van der Waals surface area (Å²) in [5, 5.41) is 11.8. The van der Waals surface area contributed by atoms with Crippen LogP contribution in [0.1, 0.15) is 25.3 Å². The molecule has 1 atom stereocenters. The van der Waals surface area contributed by atoms with Crippen molar-refractivity contribution in [3.8, 4) is 0 Å². The van der Waals surface area contributed by atoms with Crippen LogP contribution in [0, 0.1) is 16.0 Å². The molecule has 0 aromatic heterocycles. The number of hydrogen-bond donors (Lipinski definition) is 0. The molecule has 5 heteroatoms. The van der Waals surface area contributed by atoms with E-state index in [1.807, 2.05) is 12.1 Å². The minimum Gasteiger partial charge on any atom is -0.366 e. The number of rotatable bonds is 4. The first-order valence-electron chi connectivity index (χ1n) is 6.24. The summed E-state index contributed by atoms with van der Waals surface area (Å²) in [6.07, 6.45) is 2.28. The monoisotopic (exact) mass is 312 g/mol. The summed E-state index contributed by atoms with van der Waals surface area (Å²) in [6.45, 7) is 4.04. The van der Waals surface area contributed by atoms with Gasteiger partial charge in [0, 0.05) is 24.5 Å². The number of nitro benzene ring substituents is 1. The molecule has 1 saturated heterocycles. The quantitative estimate of drug-likeness (QED) is 0.483. The highest BCUT2D eigenvalue weighted by atomic mass is 79.9. The first-order valence-corrected chi connectivity index (χ1v) is 7.36. The number of alkyl halides is 1. The Labute approximate surface area is 115 Å². The average Bonchev–Trinajstić information content (AvgIpc) is 2.86. The van der Waals surface area contributed by atoms with Gasteiger partial charge in [-0.1, -0.05) is 35.3 Å². The van der Waals surface area contributed by atoms with Gasteiger partial charge in [-0.05, 0) is 24.0 Å². The number of nitrogens with zero attached hydrogens (tertiary/aromatic N) is 2. The molecule has 0 bridgehead atoms. The highest BCUT2D eigenvalue weighted by Gasteiger charge is 2.26. The second-order valence-corrected chi connectivity index (χ2v) is 5.28. The Bertz CT molecular complexity index is 451. The van der Waals surface area contributed by atoms with Crippen molar-refractivity contribution in [2.45, 2.75) is 25.1 Å². The maximum absolute atomic E-state index is 11.2. The van der Waals surface area contributed by atoms with Crippen LogP contribution in [0.3, 0.4) is 0 Å². The van der Waals surface area contributed by atoms with Crippen molar-refractivity contribution in [1.29, 1.82) is 0 Å². The summed E-state index contributed by atoms with van der Waals surface area (Å²) >= 11 is 3.33. The van der Waals surface area contributed by atoms with Gasteiger partial charge in [0.15, 0.2) is 0 Å². The lowest BCUT2D eigenvalue weighted by atomic mass is 10.1. The van der Waals surface area contributed by atoms with Crippen LogP contribution in [0.25, 0.3) is 0 Å². The zero-order chi connectivity index (χ0) is 13.1. The Morgan fingerprint density at radius 3 is 2.89 bits per heavy atom. The third-order valence-corrected chi connectivity index (χ3v) is 4.24. The Morgan fingerprint density at radius 1 is 1.56 bits per heavy atom. The van der Waals surface area contributed by atoms with Gasteiger partial charge < -0.3 is 4.90 Å². The van der Waals surface area contributed by atoms with Crippen LogP contribution < -0.4 is 4.90 Å². The molecule has 98 valence electrons. The average molecular weight is 313 g/mol. The highest BCUT2D eigenvalue weighted by molar-refractivity contribution is 9.08. The molecule has 1 aliphatic rings. The number of hydrogen-bond acceptors (Lipinski definition) is 3. The predicted octanol–water partition coefficient (Wildman–Crippen LogP) is 3.73. The summed E-state index contributed by atoms with van der Waals surface area (Å²) in [5.74, 6) is 0.667. The first-order chi connectivity index (χ1) is 8.65. The molecule has 1 fully saturated rings. The maximum Gasteiger partial charge on any atom is 0.292 e. The third kappa shape index (κ3) is 2.66. The van der Waals surface area contributed by atoms with Crippen molar-refractivity contribution in [1.82, 2.24) is 0 Å². The molecule has 1 aromatic carbocycles. The van der Waals surface area contributed by atoms with Crippen LogP contribution in [0.15, 0.2) is 18.2 Å². The van der Waals surface area contributed by atoms with Crippen LogP contribution in [0.4, 0.5) is 11.4 Å². The minimum atomic E-state index is -0.277. The van der Waals surface area contributed by atoms with Crippen LogP contribution in [0.2, 0.25) is 0 Å². The largest absolute Gasteiger partial charge is 0.366 e. The van der Waals surface area contributed by atoms with E-state index in [2.05, 4.69) is 27.8 Å². The molecule has 0 saturated carbocycles. The van der Waals surface area contributed by atoms with Crippen LogP contribution >= 0.6 is 15.9 Å². The molecule has 1 aliphatic heterocycles. The van der Waals surface area contributed by atoms with E-state index in [1.165, 1.54) is 0 Å². The summed E-state index contributed by atoms with van der Waals surface area (Å²) < 4.78 is 0. The fourth-order valence-corrected chi connectivity index (χ4v) is 2.80. The summed E-state index contributed by atoms with van der Waals surface area (Å²) in [5.41, 5.74) is 1.93. The number of nitro groups is 1. The first kappa shape index (κ1) is 13.3. The van der Waals surface area contributed by atoms with Gasteiger partial charge in [-0.15, -0.1) is 0 Å². The van der Waals surface area contributed by atoms with E-state index in [0.717, 1.165) is 37.2 Å². The fourth-order valence-electron chi connectivity index (χ4n) is 2.45. The van der Waals surface area contributed by atoms with Gasteiger partial charge in [-0.3, -0.25) is 10.1 Å². The molecule has 1 unspecified atom stereocenters. The zero-order valence-electron chi connectivity index (χ0n) is 10.4. The van der Waals surface area contributed by atoms with Crippen molar-refractivity contribution in [3.05, 3.63) is 33.9 Å². The van der Waals surface area contributed by atoms with E-state index in [1.54, 1.807) is 6.07 Å². The van der Waals surface area contributed by atoms with Crippen molar-refractivity contribution in [2.24, 2.45) is 5.92 Å². The van der Waals surface area contributed by atoms with Crippen molar-refractivity contribution >= 4 is 27.3 Å². The van der Waals surface area contributed by atoms with Gasteiger partial charge >= 0.3 is 0 Å². The maximum atomic E-state index is 11.2. The van der Waals surface area contributed by atoms with Crippen molar-refractivity contribution in [3.63, 3.8) is 0 Å². The lowest BCUT2D eigenvalue weighted by molar-refractivity contribution is -0.384. The van der Waals surface area contributed by atoms with E-state index in [9.17, 15) is 10.1 Å². The van der Waals surface area contributed by atoms with E-state index >= 15 is 0 Å². The van der Waals surface area contributed by atoms with Gasteiger partial charge in [0.2, 0.25) is 0 Å².